The molecular weight excluding hydrogens is 334 g/mol. The molecule has 2 unspecified atom stereocenters. The molecule has 1 saturated carbocycles. The Bertz CT molecular complexity index is 425. The van der Waals surface area contributed by atoms with Gasteiger partial charge in [0.1, 0.15) is 0 Å². The summed E-state index contributed by atoms with van der Waals surface area (Å²) in [5.74, 6) is -2.70. The number of likely N-dealkylation sites (tertiary alicyclic amines) is 1. The molecule has 0 aromatic carbocycles. The van der Waals surface area contributed by atoms with Crippen LogP contribution in [0.1, 0.15) is 40.5 Å². The summed E-state index contributed by atoms with van der Waals surface area (Å²) in [7, 11) is 0. The van der Waals surface area contributed by atoms with Gasteiger partial charge in [0.2, 0.25) is 0 Å². The Balaban J connectivity index is 2.04. The molecule has 2 nitrogen and oxygen atoms in total. The first-order valence-electron chi connectivity index (χ1n) is 8.47. The topological polar surface area (TPSA) is 6.48 Å². The fraction of sp³-hybridized carbons (Fsp3) is 1.00. The molecule has 0 amide bonds. The number of alkyl halides is 6. The van der Waals surface area contributed by atoms with Crippen LogP contribution in [0.3, 0.4) is 0 Å². The lowest BCUT2D eigenvalue weighted by molar-refractivity contribution is -0.242. The van der Waals surface area contributed by atoms with Gasteiger partial charge in [-0.2, -0.15) is 26.3 Å². The first kappa shape index (κ1) is 19.8. The highest BCUT2D eigenvalue weighted by Gasteiger charge is 2.56. The van der Waals surface area contributed by atoms with E-state index in [1.54, 1.807) is 4.90 Å². The van der Waals surface area contributed by atoms with E-state index in [2.05, 4.69) is 0 Å². The smallest absolute Gasteiger partial charge is 0.296 e. The summed E-state index contributed by atoms with van der Waals surface area (Å²) in [5, 5.41) is 0. The van der Waals surface area contributed by atoms with Gasteiger partial charge in [0.25, 0.3) is 0 Å². The SMILES string of the molecule is CC(C)N(CC1C(C(F)(F)F)CN1C(C)C)C1CC(C(F)(F)F)C1. The number of rotatable bonds is 5. The largest absolute Gasteiger partial charge is 0.394 e. The molecule has 2 fully saturated rings. The van der Waals surface area contributed by atoms with Crippen molar-refractivity contribution in [1.29, 1.82) is 0 Å². The van der Waals surface area contributed by atoms with Gasteiger partial charge < -0.3 is 0 Å². The van der Waals surface area contributed by atoms with Crippen molar-refractivity contribution >= 4 is 0 Å². The van der Waals surface area contributed by atoms with Crippen molar-refractivity contribution in [3.05, 3.63) is 0 Å². The Labute approximate surface area is 139 Å². The Morgan fingerprint density at radius 3 is 1.88 bits per heavy atom. The summed E-state index contributed by atoms with van der Waals surface area (Å²) in [6, 6.07) is -1.03. The standard InChI is InChI=1S/C16H26F6N2/c1-9(2)23(12-5-11(6-12)15(17,18)19)8-14-13(16(20,21)22)7-24(14)10(3)4/h9-14H,5-8H2,1-4H3. The molecule has 0 N–H and O–H groups in total. The highest BCUT2D eigenvalue weighted by Crippen LogP contribution is 2.45. The fourth-order valence-corrected chi connectivity index (χ4v) is 3.85. The second kappa shape index (κ2) is 6.67. The van der Waals surface area contributed by atoms with E-state index in [-0.39, 0.29) is 44.1 Å². The monoisotopic (exact) mass is 360 g/mol. The molecule has 0 bridgehead atoms. The number of hydrogen-bond acceptors (Lipinski definition) is 2. The van der Waals surface area contributed by atoms with Gasteiger partial charge in [0.15, 0.2) is 0 Å². The zero-order chi connectivity index (χ0) is 18.4. The Morgan fingerprint density at radius 1 is 0.958 bits per heavy atom. The highest BCUT2D eigenvalue weighted by molar-refractivity contribution is 5.01. The van der Waals surface area contributed by atoms with E-state index >= 15 is 0 Å². The van der Waals surface area contributed by atoms with E-state index in [1.165, 1.54) is 0 Å². The van der Waals surface area contributed by atoms with Crippen molar-refractivity contribution in [3.63, 3.8) is 0 Å². The lowest BCUT2D eigenvalue weighted by atomic mass is 9.77. The average molecular weight is 360 g/mol. The van der Waals surface area contributed by atoms with Crippen LogP contribution < -0.4 is 0 Å². The maximum Gasteiger partial charge on any atom is 0.394 e. The van der Waals surface area contributed by atoms with Crippen LogP contribution in [-0.2, 0) is 0 Å². The summed E-state index contributed by atoms with van der Waals surface area (Å²) in [6.07, 6.45) is -8.47. The van der Waals surface area contributed by atoms with E-state index in [0.29, 0.717) is 0 Å². The van der Waals surface area contributed by atoms with Crippen molar-refractivity contribution in [1.82, 2.24) is 9.80 Å². The van der Waals surface area contributed by atoms with Gasteiger partial charge in [-0.15, -0.1) is 0 Å². The molecular formula is C16H26F6N2. The summed E-state index contributed by atoms with van der Waals surface area (Å²) >= 11 is 0. The maximum absolute atomic E-state index is 13.2. The van der Waals surface area contributed by atoms with E-state index in [9.17, 15) is 26.3 Å². The molecule has 1 aliphatic heterocycles. The van der Waals surface area contributed by atoms with Crippen LogP contribution in [0.5, 0.6) is 0 Å². The van der Waals surface area contributed by atoms with Gasteiger partial charge in [-0.3, -0.25) is 9.80 Å². The van der Waals surface area contributed by atoms with E-state index in [4.69, 9.17) is 0 Å². The number of hydrogen-bond donors (Lipinski definition) is 0. The number of halogens is 6. The van der Waals surface area contributed by atoms with Crippen molar-refractivity contribution in [2.75, 3.05) is 13.1 Å². The van der Waals surface area contributed by atoms with Crippen LogP contribution >= 0.6 is 0 Å². The quantitative estimate of drug-likeness (QED) is 0.674. The van der Waals surface area contributed by atoms with Crippen molar-refractivity contribution in [2.45, 2.75) is 77.1 Å². The summed E-state index contributed by atoms with van der Waals surface area (Å²) in [5.41, 5.74) is 0. The molecule has 0 aromatic rings. The molecule has 8 heteroatoms. The maximum atomic E-state index is 13.2. The lowest BCUT2D eigenvalue weighted by Gasteiger charge is -2.55. The highest BCUT2D eigenvalue weighted by atomic mass is 19.4. The third-order valence-corrected chi connectivity index (χ3v) is 5.49. The molecule has 2 rings (SSSR count). The molecule has 0 spiro atoms. The Morgan fingerprint density at radius 2 is 1.50 bits per heavy atom. The van der Waals surface area contributed by atoms with Gasteiger partial charge in [-0.25, -0.2) is 0 Å². The van der Waals surface area contributed by atoms with Crippen molar-refractivity contribution in [2.24, 2.45) is 11.8 Å². The van der Waals surface area contributed by atoms with Crippen LogP contribution in [0.4, 0.5) is 26.3 Å². The number of nitrogens with zero attached hydrogens (tertiary/aromatic N) is 2. The minimum Gasteiger partial charge on any atom is -0.296 e. The van der Waals surface area contributed by atoms with E-state index in [1.807, 2.05) is 32.6 Å². The van der Waals surface area contributed by atoms with Crippen LogP contribution in [0.2, 0.25) is 0 Å². The van der Waals surface area contributed by atoms with Gasteiger partial charge in [-0.05, 0) is 40.5 Å². The van der Waals surface area contributed by atoms with Crippen LogP contribution in [0.25, 0.3) is 0 Å². The average Bonchev–Trinajstić information content (AvgIpc) is 2.24. The molecule has 2 atom stereocenters. The van der Waals surface area contributed by atoms with Gasteiger partial charge in [0, 0.05) is 37.3 Å². The molecule has 24 heavy (non-hydrogen) atoms. The molecule has 0 aromatic heterocycles. The third kappa shape index (κ3) is 4.00. The zero-order valence-electron chi connectivity index (χ0n) is 14.5. The normalized spacial score (nSPS) is 32.4. The van der Waals surface area contributed by atoms with Crippen LogP contribution in [0.15, 0.2) is 0 Å². The van der Waals surface area contributed by atoms with Crippen molar-refractivity contribution < 1.29 is 26.3 Å². The summed E-state index contributed by atoms with van der Waals surface area (Å²) in [4.78, 5) is 3.63. The van der Waals surface area contributed by atoms with E-state index in [0.717, 1.165) is 0 Å². The first-order valence-corrected chi connectivity index (χ1v) is 8.47. The predicted molar refractivity (Wildman–Crippen MR) is 79.6 cm³/mol. The van der Waals surface area contributed by atoms with Gasteiger partial charge in [-0.1, -0.05) is 0 Å². The fourth-order valence-electron chi connectivity index (χ4n) is 3.85. The minimum absolute atomic E-state index is 0.00718. The Hall–Kier alpha value is -0.500. The molecule has 1 heterocycles. The molecule has 1 aliphatic carbocycles. The van der Waals surface area contributed by atoms with Crippen LogP contribution in [0, 0.1) is 11.8 Å². The van der Waals surface area contributed by atoms with Crippen LogP contribution in [-0.4, -0.2) is 59.4 Å². The zero-order valence-corrected chi connectivity index (χ0v) is 14.5. The molecule has 2 aliphatic rings. The molecule has 1 saturated heterocycles. The Kier molecular flexibility index (Phi) is 5.50. The predicted octanol–water partition coefficient (Wildman–Crippen LogP) is 4.31. The van der Waals surface area contributed by atoms with Gasteiger partial charge >= 0.3 is 12.4 Å². The second-order valence-corrected chi connectivity index (χ2v) is 7.66. The van der Waals surface area contributed by atoms with Gasteiger partial charge in [0.05, 0.1) is 11.8 Å². The first-order chi connectivity index (χ1) is 10.8. The second-order valence-electron chi connectivity index (χ2n) is 7.66. The lowest BCUT2D eigenvalue weighted by Crippen LogP contribution is -2.68. The summed E-state index contributed by atoms with van der Waals surface area (Å²) in [6.45, 7) is 7.53. The third-order valence-electron chi connectivity index (χ3n) is 5.49. The summed E-state index contributed by atoms with van der Waals surface area (Å²) < 4.78 is 77.5. The van der Waals surface area contributed by atoms with E-state index < -0.39 is 30.2 Å². The molecule has 0 radical (unpaired) electrons. The van der Waals surface area contributed by atoms with Crippen molar-refractivity contribution in [3.8, 4) is 0 Å². The minimum atomic E-state index is -4.26. The molecule has 142 valence electrons.